The highest BCUT2D eigenvalue weighted by atomic mass is 16.5. The molecule has 0 spiro atoms. The third-order valence-corrected chi connectivity index (χ3v) is 6.09. The first kappa shape index (κ1) is 24.7. The molecule has 180 valence electrons. The molecule has 1 N–H and O–H groups in total. The van der Waals surface area contributed by atoms with Gasteiger partial charge in [-0.2, -0.15) is 0 Å². The number of carbonyl (C=O) groups is 1. The molecule has 1 saturated heterocycles. The Morgan fingerprint density at radius 3 is 2.12 bits per heavy atom. The molecule has 3 rings (SSSR count). The number of ether oxygens (including phenoxy) is 4. The third kappa shape index (κ3) is 5.36. The lowest BCUT2D eigenvalue weighted by Crippen LogP contribution is -2.35. The molecule has 1 heterocycles. The normalized spacial score (nSPS) is 17.7. The number of hydrogen-bond donors (Lipinski definition) is 1. The summed E-state index contributed by atoms with van der Waals surface area (Å²) in [5.41, 5.74) is 1.30. The van der Waals surface area contributed by atoms with E-state index in [4.69, 9.17) is 18.9 Å². The first-order valence-electron chi connectivity index (χ1n) is 11.6. The van der Waals surface area contributed by atoms with E-state index in [1.807, 2.05) is 49.9 Å². The van der Waals surface area contributed by atoms with Crippen molar-refractivity contribution in [2.45, 2.75) is 39.0 Å². The molecule has 2 aromatic carbocycles. The van der Waals surface area contributed by atoms with Crippen LogP contribution in [0.3, 0.4) is 0 Å². The monoisotopic (exact) mass is 457 g/mol. The maximum atomic E-state index is 13.5. The predicted molar refractivity (Wildman–Crippen MR) is 127 cm³/mol. The molecule has 2 aromatic rings. The number of hydrogen-bond acceptors (Lipinski definition) is 6. The van der Waals surface area contributed by atoms with Crippen LogP contribution in [0.4, 0.5) is 0 Å². The molecular weight excluding hydrogens is 422 g/mol. The van der Waals surface area contributed by atoms with Crippen LogP contribution in [-0.2, 0) is 5.41 Å². The van der Waals surface area contributed by atoms with E-state index in [9.17, 15) is 9.90 Å². The second-order valence-electron chi connectivity index (χ2n) is 8.06. The molecule has 0 aliphatic carbocycles. The molecule has 1 atom stereocenters. The van der Waals surface area contributed by atoms with Crippen LogP contribution in [0.1, 0.15) is 49.5 Å². The number of aliphatic hydroxyl groups is 1. The van der Waals surface area contributed by atoms with Crippen LogP contribution in [0.5, 0.6) is 23.0 Å². The molecule has 0 saturated carbocycles. The molecule has 1 unspecified atom stereocenters. The second kappa shape index (κ2) is 11.3. The molecule has 0 radical (unpaired) electrons. The van der Waals surface area contributed by atoms with E-state index >= 15 is 0 Å². The van der Waals surface area contributed by atoms with Gasteiger partial charge in [0.2, 0.25) is 5.75 Å². The summed E-state index contributed by atoms with van der Waals surface area (Å²) in [5, 5.41) is 9.79. The topological polar surface area (TPSA) is 77.5 Å². The first-order valence-corrected chi connectivity index (χ1v) is 11.6. The van der Waals surface area contributed by atoms with Gasteiger partial charge in [0.1, 0.15) is 5.75 Å². The zero-order chi connectivity index (χ0) is 23.8. The standard InChI is InChI=1S/C26H35NO6/c1-5-31-22-16-19(17-23(32-6-2)24(22)33-7-3)25(29)27-14-12-26(18-27,13-15-28)20-8-10-21(30-4)11-9-20/h8-11,16-17,28H,5-7,12-15,18H2,1-4H3. The average Bonchev–Trinajstić information content (AvgIpc) is 3.26. The van der Waals surface area contributed by atoms with Crippen molar-refractivity contribution in [3.8, 4) is 23.0 Å². The molecule has 1 amide bonds. The zero-order valence-corrected chi connectivity index (χ0v) is 20.1. The van der Waals surface area contributed by atoms with Crippen molar-refractivity contribution in [1.82, 2.24) is 4.90 Å². The fraction of sp³-hybridized carbons (Fsp3) is 0.500. The van der Waals surface area contributed by atoms with E-state index in [0.29, 0.717) is 62.1 Å². The molecule has 1 fully saturated rings. The molecule has 0 aromatic heterocycles. The molecule has 33 heavy (non-hydrogen) atoms. The Kier molecular flexibility index (Phi) is 8.44. The van der Waals surface area contributed by atoms with Gasteiger partial charge in [-0.15, -0.1) is 0 Å². The summed E-state index contributed by atoms with van der Waals surface area (Å²) in [5.74, 6) is 2.22. The minimum atomic E-state index is -0.298. The molecular formula is C26H35NO6. The molecule has 0 bridgehead atoms. The number of amides is 1. The zero-order valence-electron chi connectivity index (χ0n) is 20.1. The Bertz CT molecular complexity index is 902. The highest BCUT2D eigenvalue weighted by Crippen LogP contribution is 2.42. The smallest absolute Gasteiger partial charge is 0.254 e. The number of benzene rings is 2. The van der Waals surface area contributed by atoms with Crippen molar-refractivity contribution in [2.24, 2.45) is 0 Å². The Labute approximate surface area is 196 Å². The first-order chi connectivity index (χ1) is 16.0. The van der Waals surface area contributed by atoms with Gasteiger partial charge >= 0.3 is 0 Å². The number of likely N-dealkylation sites (tertiary alicyclic amines) is 1. The maximum absolute atomic E-state index is 13.5. The maximum Gasteiger partial charge on any atom is 0.254 e. The van der Waals surface area contributed by atoms with Gasteiger partial charge in [-0.25, -0.2) is 0 Å². The Morgan fingerprint density at radius 2 is 1.61 bits per heavy atom. The number of carbonyl (C=O) groups excluding carboxylic acids is 1. The fourth-order valence-corrected chi connectivity index (χ4v) is 4.48. The van der Waals surface area contributed by atoms with Gasteiger partial charge < -0.3 is 29.0 Å². The number of nitrogens with zero attached hydrogens (tertiary/aromatic N) is 1. The van der Waals surface area contributed by atoms with E-state index < -0.39 is 0 Å². The van der Waals surface area contributed by atoms with Crippen LogP contribution in [0.15, 0.2) is 36.4 Å². The molecule has 7 heteroatoms. The van der Waals surface area contributed by atoms with Gasteiger partial charge in [-0.05, 0) is 63.4 Å². The van der Waals surface area contributed by atoms with Crippen LogP contribution >= 0.6 is 0 Å². The van der Waals surface area contributed by atoms with E-state index in [-0.39, 0.29) is 17.9 Å². The van der Waals surface area contributed by atoms with Gasteiger partial charge in [0.05, 0.1) is 26.9 Å². The van der Waals surface area contributed by atoms with Gasteiger partial charge in [0.15, 0.2) is 11.5 Å². The summed E-state index contributed by atoms with van der Waals surface area (Å²) in [6.45, 7) is 8.23. The third-order valence-electron chi connectivity index (χ3n) is 6.09. The van der Waals surface area contributed by atoms with E-state index in [2.05, 4.69) is 0 Å². The van der Waals surface area contributed by atoms with Crippen LogP contribution in [-0.4, -0.2) is 62.5 Å². The molecule has 1 aliphatic rings. The van der Waals surface area contributed by atoms with Gasteiger partial charge in [-0.1, -0.05) is 12.1 Å². The lowest BCUT2D eigenvalue weighted by molar-refractivity contribution is 0.0778. The second-order valence-corrected chi connectivity index (χ2v) is 8.06. The van der Waals surface area contributed by atoms with E-state index in [1.165, 1.54) is 0 Å². The Morgan fingerprint density at radius 1 is 1.00 bits per heavy atom. The number of methoxy groups -OCH3 is 1. The largest absolute Gasteiger partial charge is 0.497 e. The summed E-state index contributed by atoms with van der Waals surface area (Å²) < 4.78 is 22.6. The van der Waals surface area contributed by atoms with Crippen molar-refractivity contribution in [2.75, 3.05) is 46.6 Å². The van der Waals surface area contributed by atoms with Crippen molar-refractivity contribution in [1.29, 1.82) is 0 Å². The van der Waals surface area contributed by atoms with Crippen LogP contribution in [0.2, 0.25) is 0 Å². The van der Waals surface area contributed by atoms with Crippen molar-refractivity contribution in [3.63, 3.8) is 0 Å². The van der Waals surface area contributed by atoms with Crippen molar-refractivity contribution >= 4 is 5.91 Å². The quantitative estimate of drug-likeness (QED) is 0.548. The Balaban J connectivity index is 1.91. The number of aliphatic hydroxyl groups excluding tert-OH is 1. The summed E-state index contributed by atoms with van der Waals surface area (Å²) in [4.78, 5) is 15.4. The SMILES string of the molecule is CCOc1cc(C(=O)N2CCC(CCO)(c3ccc(OC)cc3)C2)cc(OCC)c1OCC. The molecule has 1 aliphatic heterocycles. The van der Waals surface area contributed by atoms with E-state index in [0.717, 1.165) is 17.7 Å². The summed E-state index contributed by atoms with van der Waals surface area (Å²) >= 11 is 0. The highest BCUT2D eigenvalue weighted by Gasteiger charge is 2.41. The lowest BCUT2D eigenvalue weighted by Gasteiger charge is -2.29. The summed E-state index contributed by atoms with van der Waals surface area (Å²) in [7, 11) is 1.64. The number of rotatable bonds is 11. The van der Waals surface area contributed by atoms with Crippen molar-refractivity contribution in [3.05, 3.63) is 47.5 Å². The summed E-state index contributed by atoms with van der Waals surface area (Å²) in [6, 6.07) is 11.4. The van der Waals surface area contributed by atoms with Gasteiger partial charge in [0.25, 0.3) is 5.91 Å². The fourth-order valence-electron chi connectivity index (χ4n) is 4.48. The highest BCUT2D eigenvalue weighted by molar-refractivity contribution is 5.96. The minimum absolute atomic E-state index is 0.0556. The van der Waals surface area contributed by atoms with Gasteiger partial charge in [0, 0.05) is 30.7 Å². The Hall–Kier alpha value is -2.93. The van der Waals surface area contributed by atoms with Crippen LogP contribution in [0, 0.1) is 0 Å². The summed E-state index contributed by atoms with van der Waals surface area (Å²) in [6.07, 6.45) is 1.36. The lowest BCUT2D eigenvalue weighted by atomic mass is 9.77. The molecule has 7 nitrogen and oxygen atoms in total. The average molecular weight is 458 g/mol. The van der Waals surface area contributed by atoms with Gasteiger partial charge in [-0.3, -0.25) is 4.79 Å². The predicted octanol–water partition coefficient (Wildman–Crippen LogP) is 4.06. The van der Waals surface area contributed by atoms with E-state index in [1.54, 1.807) is 19.2 Å². The van der Waals surface area contributed by atoms with Crippen LogP contribution < -0.4 is 18.9 Å². The van der Waals surface area contributed by atoms with Crippen molar-refractivity contribution < 1.29 is 28.8 Å². The minimum Gasteiger partial charge on any atom is -0.497 e. The van der Waals surface area contributed by atoms with Crippen LogP contribution in [0.25, 0.3) is 0 Å².